The maximum Gasteiger partial charge on any atom is 0.523 e. The molecule has 0 spiro atoms. The number of rotatable bonds is 4. The van der Waals surface area contributed by atoms with E-state index in [9.17, 15) is 9.59 Å². The average molecular weight is 455 g/mol. The molecule has 2 aromatic carbocycles. The maximum absolute atomic E-state index is 13.8. The Hall–Kier alpha value is -2.28. The van der Waals surface area contributed by atoms with Gasteiger partial charge in [-0.2, -0.15) is 9.28 Å². The number of quaternary nitrogens is 1. The zero-order valence-electron chi connectivity index (χ0n) is 20.3. The van der Waals surface area contributed by atoms with Crippen molar-refractivity contribution in [1.29, 1.82) is 0 Å². The van der Waals surface area contributed by atoms with Crippen LogP contribution in [0.2, 0.25) is 18.1 Å². The van der Waals surface area contributed by atoms with Crippen LogP contribution in [0.15, 0.2) is 54.6 Å². The van der Waals surface area contributed by atoms with Crippen LogP contribution in [-0.2, 0) is 9.16 Å². The van der Waals surface area contributed by atoms with Crippen molar-refractivity contribution in [2.24, 2.45) is 0 Å². The number of methoxy groups -OCH3 is 1. The van der Waals surface area contributed by atoms with Crippen LogP contribution in [0.4, 0.5) is 4.79 Å². The van der Waals surface area contributed by atoms with Crippen molar-refractivity contribution >= 4 is 20.3 Å². The summed E-state index contributed by atoms with van der Waals surface area (Å²) in [5.41, 5.74) is 2.62. The van der Waals surface area contributed by atoms with Gasteiger partial charge in [-0.15, -0.1) is 0 Å². The molecule has 32 heavy (non-hydrogen) atoms. The summed E-state index contributed by atoms with van der Waals surface area (Å²) >= 11 is 0. The van der Waals surface area contributed by atoms with Crippen molar-refractivity contribution in [2.45, 2.75) is 64.4 Å². The highest BCUT2D eigenvalue weighted by Gasteiger charge is 2.59. The number of imide groups is 1. The van der Waals surface area contributed by atoms with Crippen LogP contribution in [0.25, 0.3) is 11.1 Å². The fraction of sp³-hybridized carbons (Fsp3) is 0.462. The number of hydrogen-bond acceptors (Lipinski definition) is 4. The Morgan fingerprint density at radius 3 is 2.06 bits per heavy atom. The molecule has 1 heterocycles. The van der Waals surface area contributed by atoms with E-state index in [1.165, 1.54) is 7.11 Å². The summed E-state index contributed by atoms with van der Waals surface area (Å²) in [5.74, 6) is -0.231. The van der Waals surface area contributed by atoms with Crippen molar-refractivity contribution in [2.75, 3.05) is 13.7 Å². The minimum absolute atomic E-state index is 0.0526. The van der Waals surface area contributed by atoms with Crippen molar-refractivity contribution in [3.8, 4) is 11.1 Å². The van der Waals surface area contributed by atoms with Gasteiger partial charge in [0.25, 0.3) is 0 Å². The van der Waals surface area contributed by atoms with Gasteiger partial charge in [0.15, 0.2) is 8.32 Å². The number of nitrogens with zero attached hydrogens (tertiary/aromatic N) is 1. The molecule has 6 heteroatoms. The van der Waals surface area contributed by atoms with Crippen molar-refractivity contribution < 1.29 is 23.2 Å². The number of ether oxygens (including phenoxy) is 1. The molecule has 0 aromatic heterocycles. The fourth-order valence-corrected chi connectivity index (χ4v) is 5.62. The highest BCUT2D eigenvalue weighted by atomic mass is 28.4. The zero-order chi connectivity index (χ0) is 23.7. The van der Waals surface area contributed by atoms with Gasteiger partial charge in [0.2, 0.25) is 0 Å². The van der Waals surface area contributed by atoms with E-state index in [1.807, 2.05) is 61.5 Å². The topological polar surface area (TPSA) is 52.6 Å². The zero-order valence-corrected chi connectivity index (χ0v) is 21.3. The summed E-state index contributed by atoms with van der Waals surface area (Å²) in [5, 5.41) is 0.0526. The minimum Gasteiger partial charge on any atom is -0.423 e. The Bertz CT molecular complexity index is 966. The van der Waals surface area contributed by atoms with Crippen LogP contribution in [0.5, 0.6) is 0 Å². The number of carbonyl (C=O) groups excluding carboxylic acids is 2. The average Bonchev–Trinajstić information content (AvgIpc) is 3.08. The molecule has 172 valence electrons. The van der Waals surface area contributed by atoms with E-state index >= 15 is 0 Å². The number of likely N-dealkylation sites (tertiary alicyclic amines) is 1. The normalized spacial score (nSPS) is 23.7. The Kier molecular flexibility index (Phi) is 6.79. The Morgan fingerprint density at radius 1 is 0.969 bits per heavy atom. The monoisotopic (exact) mass is 454 g/mol. The fourth-order valence-electron chi connectivity index (χ4n) is 4.26. The summed E-state index contributed by atoms with van der Waals surface area (Å²) in [6, 6.07) is 17.3. The second-order valence-corrected chi connectivity index (χ2v) is 15.1. The summed E-state index contributed by atoms with van der Waals surface area (Å²) in [6.45, 7) is 13.2. The van der Waals surface area contributed by atoms with E-state index in [-0.39, 0.29) is 27.6 Å². The minimum atomic E-state index is -2.04. The SMILES string of the molecule is COC(=O)[N+]1(C(=O)c2ccc(-c3ccccc3)cc2)C[C@H](O[Si](C)(C)C(C)(C)C)C[C@H]1C. The standard InChI is InChI=1S/C26H36NO4Si/c1-19-17-23(31-32(6,7)26(2,3)4)18-27(19,25(29)30-5)24(28)22-15-13-21(14-16-22)20-11-9-8-10-12-20/h8-16,19,23H,17-18H2,1-7H3/q+1/t19-,23-,27?/m1/s1. The van der Waals surface area contributed by atoms with Crippen LogP contribution in [0.1, 0.15) is 44.5 Å². The van der Waals surface area contributed by atoms with Crippen molar-refractivity contribution in [3.63, 3.8) is 0 Å². The van der Waals surface area contributed by atoms with Gasteiger partial charge in [-0.05, 0) is 48.3 Å². The number of benzene rings is 2. The van der Waals surface area contributed by atoms with Crippen LogP contribution in [-0.4, -0.2) is 50.6 Å². The number of carbonyl (C=O) groups is 2. The molecule has 2 amide bonds. The molecule has 0 saturated carbocycles. The van der Waals surface area contributed by atoms with Crippen LogP contribution in [0.3, 0.4) is 0 Å². The molecule has 2 aromatic rings. The van der Waals surface area contributed by atoms with E-state index in [1.54, 1.807) is 0 Å². The molecule has 0 bridgehead atoms. The molecule has 5 nitrogen and oxygen atoms in total. The molecule has 3 rings (SSSR count). The van der Waals surface area contributed by atoms with Crippen molar-refractivity contribution in [3.05, 3.63) is 60.2 Å². The van der Waals surface area contributed by atoms with E-state index in [0.29, 0.717) is 18.5 Å². The molecule has 1 fully saturated rings. The second kappa shape index (κ2) is 8.93. The third-order valence-electron chi connectivity index (χ3n) is 7.22. The summed E-state index contributed by atoms with van der Waals surface area (Å²) in [7, 11) is -0.689. The molecular formula is C26H36NO4Si+. The quantitative estimate of drug-likeness (QED) is 0.404. The van der Waals surface area contributed by atoms with Gasteiger partial charge in [0.05, 0.1) is 12.7 Å². The Morgan fingerprint density at radius 2 is 1.53 bits per heavy atom. The lowest BCUT2D eigenvalue weighted by atomic mass is 10.0. The lowest BCUT2D eigenvalue weighted by Crippen LogP contribution is -2.60. The van der Waals surface area contributed by atoms with Gasteiger partial charge in [-0.3, -0.25) is 0 Å². The van der Waals surface area contributed by atoms with Gasteiger partial charge >= 0.3 is 12.0 Å². The van der Waals surface area contributed by atoms with Gasteiger partial charge in [-0.25, -0.2) is 4.79 Å². The molecule has 3 atom stereocenters. The van der Waals surface area contributed by atoms with E-state index in [2.05, 4.69) is 33.9 Å². The first kappa shape index (κ1) is 24.4. The maximum atomic E-state index is 13.8. The van der Waals surface area contributed by atoms with Crippen LogP contribution < -0.4 is 0 Å². The molecule has 1 saturated heterocycles. The number of amides is 2. The lowest BCUT2D eigenvalue weighted by Gasteiger charge is -2.38. The Labute approximate surface area is 193 Å². The molecular weight excluding hydrogens is 418 g/mol. The third-order valence-corrected chi connectivity index (χ3v) is 11.8. The van der Waals surface area contributed by atoms with Gasteiger partial charge in [0, 0.05) is 6.42 Å². The lowest BCUT2D eigenvalue weighted by molar-refractivity contribution is -0.787. The first-order valence-electron chi connectivity index (χ1n) is 11.3. The van der Waals surface area contributed by atoms with E-state index in [4.69, 9.17) is 9.16 Å². The van der Waals surface area contributed by atoms with E-state index in [0.717, 1.165) is 11.1 Å². The second-order valence-electron chi connectivity index (χ2n) is 10.4. The molecule has 1 aliphatic rings. The summed E-state index contributed by atoms with van der Waals surface area (Å²) in [6.07, 6.45) is -0.0244. The van der Waals surface area contributed by atoms with Crippen LogP contribution >= 0.6 is 0 Å². The first-order valence-corrected chi connectivity index (χ1v) is 14.2. The predicted octanol–water partition coefficient (Wildman–Crippen LogP) is 6.26. The molecule has 0 N–H and O–H groups in total. The van der Waals surface area contributed by atoms with Crippen molar-refractivity contribution in [1.82, 2.24) is 0 Å². The molecule has 1 unspecified atom stereocenters. The Balaban J connectivity index is 1.90. The highest BCUT2D eigenvalue weighted by Crippen LogP contribution is 2.41. The highest BCUT2D eigenvalue weighted by molar-refractivity contribution is 6.74. The van der Waals surface area contributed by atoms with Gasteiger partial charge < -0.3 is 9.16 Å². The first-order chi connectivity index (χ1) is 14.9. The molecule has 1 aliphatic heterocycles. The number of hydrogen-bond donors (Lipinski definition) is 0. The van der Waals surface area contributed by atoms with E-state index < -0.39 is 14.4 Å². The van der Waals surface area contributed by atoms with Gasteiger partial charge in [-0.1, -0.05) is 63.2 Å². The third kappa shape index (κ3) is 4.44. The smallest absolute Gasteiger partial charge is 0.423 e. The predicted molar refractivity (Wildman–Crippen MR) is 130 cm³/mol. The summed E-state index contributed by atoms with van der Waals surface area (Å²) < 4.78 is 11.4. The largest absolute Gasteiger partial charge is 0.523 e. The summed E-state index contributed by atoms with van der Waals surface area (Å²) in [4.78, 5) is 26.8. The van der Waals surface area contributed by atoms with Crippen LogP contribution in [0, 0.1) is 0 Å². The molecule has 0 aliphatic carbocycles. The van der Waals surface area contributed by atoms with Gasteiger partial charge in [0.1, 0.15) is 18.7 Å². The molecule has 0 radical (unpaired) electrons.